The first kappa shape index (κ1) is 16.5. The molecule has 0 unspecified atom stereocenters. The van der Waals surface area contributed by atoms with Gasteiger partial charge in [-0.2, -0.15) is 4.98 Å². The lowest BCUT2D eigenvalue weighted by atomic mass is 10.3. The van der Waals surface area contributed by atoms with Crippen molar-refractivity contribution in [1.82, 2.24) is 15.0 Å². The fraction of sp³-hybridized carbons (Fsp3) is 0.118. The van der Waals surface area contributed by atoms with E-state index < -0.39 is 0 Å². The number of aryl methyl sites for hydroxylation is 1. The molecule has 0 radical (unpaired) electrons. The normalized spacial score (nSPS) is 10.5. The summed E-state index contributed by atoms with van der Waals surface area (Å²) in [4.78, 5) is 12.8. The Kier molecular flexibility index (Phi) is 5.13. The molecule has 5 nitrogen and oxygen atoms in total. The minimum Gasteiger partial charge on any atom is -0.366 e. The van der Waals surface area contributed by atoms with Crippen molar-refractivity contribution in [3.05, 3.63) is 70.1 Å². The molecular formula is C17H15Cl2N5. The maximum Gasteiger partial charge on any atom is 0.229 e. The highest BCUT2D eigenvalue weighted by molar-refractivity contribution is 6.35. The molecule has 24 heavy (non-hydrogen) atoms. The lowest BCUT2D eigenvalue weighted by Crippen LogP contribution is -2.05. The molecule has 0 aliphatic carbocycles. The number of hydrogen-bond donors (Lipinski definition) is 2. The van der Waals surface area contributed by atoms with E-state index in [9.17, 15) is 0 Å². The van der Waals surface area contributed by atoms with Crippen molar-refractivity contribution in [2.75, 3.05) is 10.6 Å². The van der Waals surface area contributed by atoms with E-state index >= 15 is 0 Å². The van der Waals surface area contributed by atoms with Gasteiger partial charge in [0.05, 0.1) is 10.7 Å². The summed E-state index contributed by atoms with van der Waals surface area (Å²) in [6, 6.07) is 11.0. The predicted octanol–water partition coefficient (Wildman–Crippen LogP) is 4.84. The molecule has 7 heteroatoms. The molecule has 1 aromatic carbocycles. The van der Waals surface area contributed by atoms with Crippen LogP contribution < -0.4 is 10.6 Å². The molecule has 2 heterocycles. The van der Waals surface area contributed by atoms with Crippen LogP contribution in [0.15, 0.2) is 48.8 Å². The minimum absolute atomic E-state index is 0.455. The Morgan fingerprint density at radius 3 is 2.58 bits per heavy atom. The molecule has 0 aliphatic rings. The van der Waals surface area contributed by atoms with Crippen LogP contribution in [0.25, 0.3) is 0 Å². The summed E-state index contributed by atoms with van der Waals surface area (Å²) in [7, 11) is 0. The van der Waals surface area contributed by atoms with Crippen LogP contribution in [0.3, 0.4) is 0 Å². The molecule has 0 saturated carbocycles. The van der Waals surface area contributed by atoms with Crippen LogP contribution in [0.5, 0.6) is 0 Å². The summed E-state index contributed by atoms with van der Waals surface area (Å²) in [5, 5.41) is 7.52. The van der Waals surface area contributed by atoms with Crippen LogP contribution in [0.2, 0.25) is 10.0 Å². The topological polar surface area (TPSA) is 62.7 Å². The van der Waals surface area contributed by atoms with Gasteiger partial charge < -0.3 is 10.6 Å². The van der Waals surface area contributed by atoms with E-state index in [-0.39, 0.29) is 0 Å². The Hall–Kier alpha value is -2.37. The van der Waals surface area contributed by atoms with Crippen LogP contribution in [-0.2, 0) is 6.54 Å². The van der Waals surface area contributed by atoms with E-state index in [0.717, 1.165) is 17.1 Å². The molecule has 0 saturated heterocycles. The molecule has 122 valence electrons. The van der Waals surface area contributed by atoms with Crippen molar-refractivity contribution < 1.29 is 0 Å². The zero-order chi connectivity index (χ0) is 16.9. The average molecular weight is 360 g/mol. The van der Waals surface area contributed by atoms with Crippen molar-refractivity contribution in [2.45, 2.75) is 13.5 Å². The minimum atomic E-state index is 0.455. The highest BCUT2D eigenvalue weighted by atomic mass is 35.5. The van der Waals surface area contributed by atoms with Crippen molar-refractivity contribution >= 4 is 40.7 Å². The molecular weight excluding hydrogens is 345 g/mol. The number of hydrogen-bond acceptors (Lipinski definition) is 5. The van der Waals surface area contributed by atoms with Crippen molar-refractivity contribution in [1.29, 1.82) is 0 Å². The van der Waals surface area contributed by atoms with Gasteiger partial charge in [0.2, 0.25) is 5.95 Å². The number of benzene rings is 1. The van der Waals surface area contributed by atoms with Crippen molar-refractivity contribution in [2.24, 2.45) is 0 Å². The quantitative estimate of drug-likeness (QED) is 0.682. The zero-order valence-electron chi connectivity index (χ0n) is 12.9. The van der Waals surface area contributed by atoms with E-state index in [1.54, 1.807) is 30.6 Å². The molecule has 0 fully saturated rings. The predicted molar refractivity (Wildman–Crippen MR) is 98.1 cm³/mol. The van der Waals surface area contributed by atoms with Gasteiger partial charge in [0, 0.05) is 35.7 Å². The largest absolute Gasteiger partial charge is 0.366 e. The molecule has 2 N–H and O–H groups in total. The summed E-state index contributed by atoms with van der Waals surface area (Å²) in [5.74, 6) is 1.18. The number of anilines is 3. The van der Waals surface area contributed by atoms with Crippen LogP contribution in [-0.4, -0.2) is 15.0 Å². The third-order valence-corrected chi connectivity index (χ3v) is 3.82. The van der Waals surface area contributed by atoms with E-state index in [1.165, 1.54) is 0 Å². The highest BCUT2D eigenvalue weighted by Crippen LogP contribution is 2.27. The number of pyridine rings is 1. The Morgan fingerprint density at radius 2 is 1.79 bits per heavy atom. The smallest absolute Gasteiger partial charge is 0.229 e. The molecule has 3 rings (SSSR count). The molecule has 0 atom stereocenters. The van der Waals surface area contributed by atoms with Crippen LogP contribution in [0, 0.1) is 6.92 Å². The number of halogens is 2. The Labute approximate surface area is 150 Å². The lowest BCUT2D eigenvalue weighted by Gasteiger charge is -2.11. The van der Waals surface area contributed by atoms with Crippen molar-refractivity contribution in [3.63, 3.8) is 0 Å². The highest BCUT2D eigenvalue weighted by Gasteiger charge is 2.06. The van der Waals surface area contributed by atoms with Gasteiger partial charge >= 0.3 is 0 Å². The van der Waals surface area contributed by atoms with E-state index in [4.69, 9.17) is 23.2 Å². The van der Waals surface area contributed by atoms with Crippen LogP contribution in [0.1, 0.15) is 11.3 Å². The number of rotatable bonds is 5. The molecule has 0 spiro atoms. The summed E-state index contributed by atoms with van der Waals surface area (Å²) < 4.78 is 0. The van der Waals surface area contributed by atoms with Gasteiger partial charge in [0.1, 0.15) is 5.82 Å². The fourth-order valence-corrected chi connectivity index (χ4v) is 2.46. The standard InChI is InChI=1S/C17H15Cl2N5/c1-11-8-16(21-10-12-4-6-20-7-5-12)24-17(22-11)23-15-9-13(18)2-3-14(15)19/h2-9H,10H2,1H3,(H2,21,22,23,24). The second kappa shape index (κ2) is 7.47. The van der Waals surface area contributed by atoms with Gasteiger partial charge in [-0.1, -0.05) is 23.2 Å². The van der Waals surface area contributed by atoms with E-state index in [1.807, 2.05) is 25.1 Å². The summed E-state index contributed by atoms with van der Waals surface area (Å²) in [6.45, 7) is 2.56. The van der Waals surface area contributed by atoms with Gasteiger partial charge in [-0.3, -0.25) is 4.98 Å². The Morgan fingerprint density at radius 1 is 1.00 bits per heavy atom. The van der Waals surface area contributed by atoms with E-state index in [2.05, 4.69) is 25.6 Å². The number of aromatic nitrogens is 3. The first-order chi connectivity index (χ1) is 11.6. The summed E-state index contributed by atoms with van der Waals surface area (Å²) in [5.41, 5.74) is 2.62. The third-order valence-electron chi connectivity index (χ3n) is 3.25. The fourth-order valence-electron chi connectivity index (χ4n) is 2.12. The molecule has 0 bridgehead atoms. The second-order valence-electron chi connectivity index (χ2n) is 5.18. The van der Waals surface area contributed by atoms with Gasteiger partial charge in [-0.15, -0.1) is 0 Å². The maximum atomic E-state index is 6.17. The van der Waals surface area contributed by atoms with Gasteiger partial charge in [-0.25, -0.2) is 4.98 Å². The van der Waals surface area contributed by atoms with Crippen LogP contribution >= 0.6 is 23.2 Å². The van der Waals surface area contributed by atoms with Crippen LogP contribution in [0.4, 0.5) is 17.5 Å². The molecule has 2 aromatic heterocycles. The number of nitrogens with one attached hydrogen (secondary N) is 2. The average Bonchev–Trinajstić information content (AvgIpc) is 2.57. The Balaban J connectivity index is 1.77. The Bertz CT molecular complexity index is 840. The SMILES string of the molecule is Cc1cc(NCc2ccncc2)nc(Nc2cc(Cl)ccc2Cl)n1. The van der Waals surface area contributed by atoms with E-state index in [0.29, 0.717) is 28.2 Å². The first-order valence-corrected chi connectivity index (χ1v) is 8.06. The third kappa shape index (κ3) is 4.34. The lowest BCUT2D eigenvalue weighted by molar-refractivity contribution is 1.05. The maximum absolute atomic E-state index is 6.17. The van der Waals surface area contributed by atoms with Gasteiger partial charge in [0.25, 0.3) is 0 Å². The summed E-state index contributed by atoms with van der Waals surface area (Å²) >= 11 is 12.2. The zero-order valence-corrected chi connectivity index (χ0v) is 14.4. The molecule has 0 amide bonds. The van der Waals surface area contributed by atoms with Crippen molar-refractivity contribution in [3.8, 4) is 0 Å². The first-order valence-electron chi connectivity index (χ1n) is 7.31. The van der Waals surface area contributed by atoms with Gasteiger partial charge in [0.15, 0.2) is 0 Å². The molecule has 0 aliphatic heterocycles. The summed E-state index contributed by atoms with van der Waals surface area (Å²) in [6.07, 6.45) is 3.52. The monoisotopic (exact) mass is 359 g/mol. The second-order valence-corrected chi connectivity index (χ2v) is 6.02. The van der Waals surface area contributed by atoms with Gasteiger partial charge in [-0.05, 0) is 42.8 Å². The number of nitrogens with zero attached hydrogens (tertiary/aromatic N) is 3. The molecule has 3 aromatic rings.